The van der Waals surface area contributed by atoms with Crippen LogP contribution in [0.15, 0.2) is 0 Å². The summed E-state index contributed by atoms with van der Waals surface area (Å²) in [6, 6.07) is 1.29. The van der Waals surface area contributed by atoms with Crippen molar-refractivity contribution in [3.8, 4) is 0 Å². The maximum Gasteiger partial charge on any atom is 0.0698 e. The van der Waals surface area contributed by atoms with Gasteiger partial charge in [0.2, 0.25) is 0 Å². The van der Waals surface area contributed by atoms with Gasteiger partial charge in [-0.05, 0) is 18.8 Å². The van der Waals surface area contributed by atoms with Crippen LogP contribution < -0.4 is 5.32 Å². The van der Waals surface area contributed by atoms with Crippen molar-refractivity contribution in [2.24, 2.45) is 0 Å². The Labute approximate surface area is 84.3 Å². The molecule has 0 aromatic carbocycles. The summed E-state index contributed by atoms with van der Waals surface area (Å²) in [5.74, 6) is 0.536. The standard InChI is InChI=1S/C11H17N3/c1-6(2)11-10-8-4-3-7(12-8)5-9(10)13-14-11/h6-8,12H,3-5H2,1-2H3,(H,13,14)/t7-,8-/m0/s1. The van der Waals surface area contributed by atoms with Gasteiger partial charge in [-0.2, -0.15) is 5.10 Å². The molecular formula is C11H17N3. The van der Waals surface area contributed by atoms with E-state index in [0.717, 1.165) is 6.42 Å². The zero-order valence-electron chi connectivity index (χ0n) is 8.80. The van der Waals surface area contributed by atoms with Gasteiger partial charge in [0.25, 0.3) is 0 Å². The van der Waals surface area contributed by atoms with E-state index in [1.54, 1.807) is 0 Å². The number of rotatable bonds is 1. The molecule has 2 aliphatic heterocycles. The third-order valence-electron chi connectivity index (χ3n) is 3.50. The van der Waals surface area contributed by atoms with E-state index in [9.17, 15) is 0 Å². The molecule has 0 spiro atoms. The number of aromatic nitrogens is 2. The molecule has 3 heterocycles. The molecule has 0 radical (unpaired) electrons. The summed E-state index contributed by atoms with van der Waals surface area (Å²) < 4.78 is 0. The van der Waals surface area contributed by atoms with Gasteiger partial charge in [-0.25, -0.2) is 0 Å². The molecule has 0 saturated carbocycles. The van der Waals surface area contributed by atoms with E-state index >= 15 is 0 Å². The van der Waals surface area contributed by atoms with Crippen LogP contribution in [0.5, 0.6) is 0 Å². The van der Waals surface area contributed by atoms with Crippen LogP contribution in [0.3, 0.4) is 0 Å². The van der Waals surface area contributed by atoms with Crippen molar-refractivity contribution in [1.82, 2.24) is 15.5 Å². The van der Waals surface area contributed by atoms with Crippen LogP contribution in [0.25, 0.3) is 0 Å². The Morgan fingerprint density at radius 3 is 3.00 bits per heavy atom. The van der Waals surface area contributed by atoms with Gasteiger partial charge < -0.3 is 5.32 Å². The van der Waals surface area contributed by atoms with Gasteiger partial charge in [0.1, 0.15) is 0 Å². The van der Waals surface area contributed by atoms with Crippen LogP contribution in [0, 0.1) is 0 Å². The Hall–Kier alpha value is -0.830. The van der Waals surface area contributed by atoms with E-state index in [-0.39, 0.29) is 0 Å². The van der Waals surface area contributed by atoms with Crippen LogP contribution >= 0.6 is 0 Å². The molecular weight excluding hydrogens is 174 g/mol. The highest BCUT2D eigenvalue weighted by molar-refractivity contribution is 5.35. The predicted molar refractivity (Wildman–Crippen MR) is 55.3 cm³/mol. The first kappa shape index (κ1) is 8.48. The topological polar surface area (TPSA) is 40.7 Å². The number of nitrogens with one attached hydrogen (secondary N) is 2. The number of hydrogen-bond donors (Lipinski definition) is 2. The van der Waals surface area contributed by atoms with E-state index in [1.165, 1.54) is 29.8 Å². The Kier molecular flexibility index (Phi) is 1.71. The molecule has 3 rings (SSSR count). The highest BCUT2D eigenvalue weighted by Gasteiger charge is 2.35. The minimum atomic E-state index is 0.536. The second-order valence-electron chi connectivity index (χ2n) is 4.85. The van der Waals surface area contributed by atoms with E-state index < -0.39 is 0 Å². The van der Waals surface area contributed by atoms with Crippen molar-refractivity contribution in [2.45, 2.75) is 51.1 Å². The minimum absolute atomic E-state index is 0.536. The highest BCUT2D eigenvalue weighted by Crippen LogP contribution is 2.38. The average molecular weight is 191 g/mol. The van der Waals surface area contributed by atoms with Crippen molar-refractivity contribution in [2.75, 3.05) is 0 Å². The van der Waals surface area contributed by atoms with Gasteiger partial charge in [0, 0.05) is 29.8 Å². The number of H-pyrrole nitrogens is 1. The molecule has 1 fully saturated rings. The molecule has 2 atom stereocenters. The van der Waals surface area contributed by atoms with E-state index in [2.05, 4.69) is 29.4 Å². The zero-order valence-corrected chi connectivity index (χ0v) is 8.80. The number of nitrogens with zero attached hydrogens (tertiary/aromatic N) is 1. The van der Waals surface area contributed by atoms with Gasteiger partial charge in [0.15, 0.2) is 0 Å². The molecule has 1 aromatic rings. The van der Waals surface area contributed by atoms with Crippen molar-refractivity contribution < 1.29 is 0 Å². The third kappa shape index (κ3) is 1.05. The van der Waals surface area contributed by atoms with Crippen LogP contribution in [0.2, 0.25) is 0 Å². The Morgan fingerprint density at radius 2 is 2.21 bits per heavy atom. The molecule has 76 valence electrons. The number of hydrogen-bond acceptors (Lipinski definition) is 2. The molecule has 2 N–H and O–H groups in total. The molecule has 1 saturated heterocycles. The highest BCUT2D eigenvalue weighted by atomic mass is 15.2. The molecule has 3 nitrogen and oxygen atoms in total. The largest absolute Gasteiger partial charge is 0.307 e. The number of fused-ring (bicyclic) bond motifs is 4. The fraction of sp³-hybridized carbons (Fsp3) is 0.727. The van der Waals surface area contributed by atoms with Gasteiger partial charge in [-0.1, -0.05) is 13.8 Å². The monoisotopic (exact) mass is 191 g/mol. The molecule has 3 heteroatoms. The lowest BCUT2D eigenvalue weighted by Crippen LogP contribution is -2.31. The first-order chi connectivity index (χ1) is 6.75. The second-order valence-corrected chi connectivity index (χ2v) is 4.85. The van der Waals surface area contributed by atoms with Gasteiger partial charge in [-0.15, -0.1) is 0 Å². The van der Waals surface area contributed by atoms with Crippen LogP contribution in [-0.4, -0.2) is 16.2 Å². The van der Waals surface area contributed by atoms with Crippen molar-refractivity contribution in [3.05, 3.63) is 17.0 Å². The smallest absolute Gasteiger partial charge is 0.0698 e. The summed E-state index contributed by atoms with van der Waals surface area (Å²) in [5.41, 5.74) is 4.14. The summed E-state index contributed by atoms with van der Waals surface area (Å²) in [5, 5.41) is 11.3. The third-order valence-corrected chi connectivity index (χ3v) is 3.50. The van der Waals surface area contributed by atoms with Crippen LogP contribution in [0.4, 0.5) is 0 Å². The van der Waals surface area contributed by atoms with Crippen molar-refractivity contribution >= 4 is 0 Å². The molecule has 1 aromatic heterocycles. The second kappa shape index (κ2) is 2.83. The van der Waals surface area contributed by atoms with Gasteiger partial charge in [-0.3, -0.25) is 5.10 Å². The maximum atomic E-state index is 4.45. The Morgan fingerprint density at radius 1 is 1.36 bits per heavy atom. The molecule has 0 unspecified atom stereocenters. The summed E-state index contributed by atoms with van der Waals surface area (Å²) >= 11 is 0. The quantitative estimate of drug-likeness (QED) is 0.711. The van der Waals surface area contributed by atoms with E-state index in [4.69, 9.17) is 0 Å². The summed E-state index contributed by atoms with van der Waals surface area (Å²) in [6.45, 7) is 4.44. The Bertz CT molecular complexity index is 353. The van der Waals surface area contributed by atoms with Crippen molar-refractivity contribution in [3.63, 3.8) is 0 Å². The van der Waals surface area contributed by atoms with E-state index in [0.29, 0.717) is 18.0 Å². The SMILES string of the molecule is CC(C)c1n[nH]c2c1[C@@H]1CC[C@@H](C2)N1. The Balaban J connectivity index is 2.08. The lowest BCUT2D eigenvalue weighted by Gasteiger charge is -2.22. The van der Waals surface area contributed by atoms with Crippen LogP contribution in [-0.2, 0) is 6.42 Å². The summed E-state index contributed by atoms with van der Waals surface area (Å²) in [4.78, 5) is 0. The van der Waals surface area contributed by atoms with Gasteiger partial charge >= 0.3 is 0 Å². The summed E-state index contributed by atoms with van der Waals surface area (Å²) in [6.07, 6.45) is 3.76. The average Bonchev–Trinajstić information content (AvgIpc) is 2.71. The van der Waals surface area contributed by atoms with Gasteiger partial charge in [0.05, 0.1) is 5.69 Å². The number of aromatic amines is 1. The normalized spacial score (nSPS) is 29.6. The fourth-order valence-electron chi connectivity index (χ4n) is 2.84. The lowest BCUT2D eigenvalue weighted by molar-refractivity contribution is 0.507. The maximum absolute atomic E-state index is 4.45. The first-order valence-electron chi connectivity index (χ1n) is 5.58. The molecule has 14 heavy (non-hydrogen) atoms. The van der Waals surface area contributed by atoms with E-state index in [1.807, 2.05) is 0 Å². The molecule has 0 aliphatic carbocycles. The minimum Gasteiger partial charge on any atom is -0.307 e. The molecule has 2 aliphatic rings. The lowest BCUT2D eigenvalue weighted by atomic mass is 9.95. The van der Waals surface area contributed by atoms with Crippen molar-refractivity contribution in [1.29, 1.82) is 0 Å². The molecule has 0 amide bonds. The first-order valence-corrected chi connectivity index (χ1v) is 5.58. The van der Waals surface area contributed by atoms with Crippen LogP contribution in [0.1, 0.15) is 55.6 Å². The zero-order chi connectivity index (χ0) is 9.71. The summed E-state index contributed by atoms with van der Waals surface area (Å²) in [7, 11) is 0. The molecule has 2 bridgehead atoms. The predicted octanol–water partition coefficient (Wildman–Crippen LogP) is 1.88. The fourth-order valence-corrected chi connectivity index (χ4v) is 2.84.